The topological polar surface area (TPSA) is 80.4 Å². The van der Waals surface area contributed by atoms with Crippen molar-refractivity contribution < 1.29 is 14.7 Å². The van der Waals surface area contributed by atoms with Gasteiger partial charge in [-0.1, -0.05) is 0 Å². The smallest absolute Gasteiger partial charge is 0.320 e. The molecule has 1 atom stereocenters. The third-order valence-electron chi connectivity index (χ3n) is 1.36. The van der Waals surface area contributed by atoms with Crippen molar-refractivity contribution in [1.82, 2.24) is 0 Å². The van der Waals surface area contributed by atoms with Gasteiger partial charge in [0.25, 0.3) is 0 Å². The fourth-order valence-corrected chi connectivity index (χ4v) is 0.694. The highest BCUT2D eigenvalue weighted by Crippen LogP contribution is 1.99. The SMILES string of the molecule is CC(=O)CCC[C@H](N)C(=O)O. The first-order valence-corrected chi connectivity index (χ1v) is 3.52. The molecule has 0 aliphatic heterocycles. The summed E-state index contributed by atoms with van der Waals surface area (Å²) >= 11 is 0. The van der Waals surface area contributed by atoms with Gasteiger partial charge in [-0.05, 0) is 19.8 Å². The molecule has 0 amide bonds. The second-order valence-corrected chi connectivity index (χ2v) is 2.54. The summed E-state index contributed by atoms with van der Waals surface area (Å²) in [6.45, 7) is 1.48. The number of carbonyl (C=O) groups excluding carboxylic acids is 1. The van der Waals surface area contributed by atoms with Crippen molar-refractivity contribution in [2.24, 2.45) is 5.73 Å². The standard InChI is InChI=1S/C7H13NO3/c1-5(9)3-2-4-6(8)7(10)11/h6H,2-4,8H2,1H3,(H,10,11)/t6-/m0/s1. The van der Waals surface area contributed by atoms with Crippen LogP contribution in [0.3, 0.4) is 0 Å². The van der Waals surface area contributed by atoms with E-state index < -0.39 is 12.0 Å². The zero-order valence-electron chi connectivity index (χ0n) is 6.54. The first-order valence-electron chi connectivity index (χ1n) is 3.52. The van der Waals surface area contributed by atoms with Gasteiger partial charge in [0.1, 0.15) is 11.8 Å². The minimum Gasteiger partial charge on any atom is -0.480 e. The van der Waals surface area contributed by atoms with Gasteiger partial charge in [0.2, 0.25) is 0 Å². The quantitative estimate of drug-likeness (QED) is 0.598. The minimum absolute atomic E-state index is 0.0718. The van der Waals surface area contributed by atoms with Crippen LogP contribution in [0.2, 0.25) is 0 Å². The fourth-order valence-electron chi connectivity index (χ4n) is 0.694. The third kappa shape index (κ3) is 5.54. The number of hydrogen-bond donors (Lipinski definition) is 2. The van der Waals surface area contributed by atoms with Crippen molar-refractivity contribution in [3.63, 3.8) is 0 Å². The minimum atomic E-state index is -1.01. The average molecular weight is 159 g/mol. The Morgan fingerprint density at radius 3 is 2.45 bits per heavy atom. The maximum absolute atomic E-state index is 10.4. The normalized spacial score (nSPS) is 12.5. The lowest BCUT2D eigenvalue weighted by molar-refractivity contribution is -0.138. The first kappa shape index (κ1) is 10.1. The van der Waals surface area contributed by atoms with Crippen LogP contribution in [0.15, 0.2) is 0 Å². The molecule has 64 valence electrons. The Hall–Kier alpha value is -0.900. The summed E-state index contributed by atoms with van der Waals surface area (Å²) in [5.41, 5.74) is 5.19. The third-order valence-corrected chi connectivity index (χ3v) is 1.36. The van der Waals surface area contributed by atoms with Crippen LogP contribution in [0.5, 0.6) is 0 Å². The largest absolute Gasteiger partial charge is 0.480 e. The Balaban J connectivity index is 3.39. The predicted octanol–water partition coefficient (Wildman–Crippen LogP) is 0.158. The van der Waals surface area contributed by atoms with E-state index >= 15 is 0 Å². The molecular weight excluding hydrogens is 146 g/mol. The Morgan fingerprint density at radius 1 is 1.55 bits per heavy atom. The maximum Gasteiger partial charge on any atom is 0.320 e. The summed E-state index contributed by atoms with van der Waals surface area (Å²) in [4.78, 5) is 20.6. The summed E-state index contributed by atoms with van der Waals surface area (Å²) in [7, 11) is 0. The Bertz CT molecular complexity index is 156. The van der Waals surface area contributed by atoms with E-state index in [1.165, 1.54) is 6.92 Å². The molecule has 0 aromatic rings. The number of nitrogens with two attached hydrogens (primary N) is 1. The van der Waals surface area contributed by atoms with Crippen LogP contribution in [-0.2, 0) is 9.59 Å². The molecule has 0 saturated heterocycles. The van der Waals surface area contributed by atoms with E-state index in [9.17, 15) is 9.59 Å². The molecule has 0 heterocycles. The number of carbonyl (C=O) groups is 2. The van der Waals surface area contributed by atoms with Gasteiger partial charge in [-0.15, -0.1) is 0 Å². The first-order chi connectivity index (χ1) is 5.04. The van der Waals surface area contributed by atoms with Gasteiger partial charge < -0.3 is 15.6 Å². The fraction of sp³-hybridized carbons (Fsp3) is 0.714. The molecule has 0 aliphatic rings. The van der Waals surface area contributed by atoms with Crippen LogP contribution in [0, 0.1) is 0 Å². The molecule has 0 bridgehead atoms. The van der Waals surface area contributed by atoms with Crippen LogP contribution in [0.4, 0.5) is 0 Å². The number of ketones is 1. The molecule has 0 aromatic heterocycles. The number of carboxylic acid groups (broad SMARTS) is 1. The van der Waals surface area contributed by atoms with Crippen molar-refractivity contribution in [3.8, 4) is 0 Å². The van der Waals surface area contributed by atoms with Gasteiger partial charge in [0.15, 0.2) is 0 Å². The van der Waals surface area contributed by atoms with Crippen molar-refractivity contribution in [2.75, 3.05) is 0 Å². The molecule has 0 saturated carbocycles. The van der Waals surface area contributed by atoms with Crippen LogP contribution >= 0.6 is 0 Å². The van der Waals surface area contributed by atoms with Crippen LogP contribution < -0.4 is 5.73 Å². The van der Waals surface area contributed by atoms with E-state index in [-0.39, 0.29) is 5.78 Å². The monoisotopic (exact) mass is 159 g/mol. The summed E-state index contributed by atoms with van der Waals surface area (Å²) in [6, 6.07) is -0.825. The maximum atomic E-state index is 10.4. The summed E-state index contributed by atoms with van der Waals surface area (Å²) in [5.74, 6) is -0.934. The van der Waals surface area contributed by atoms with Crippen LogP contribution in [0.25, 0.3) is 0 Å². The zero-order chi connectivity index (χ0) is 8.85. The number of Topliss-reactive ketones (excluding diaryl/α,β-unsaturated/α-hetero) is 1. The lowest BCUT2D eigenvalue weighted by Crippen LogP contribution is -2.29. The van der Waals surface area contributed by atoms with Crippen molar-refractivity contribution in [1.29, 1.82) is 0 Å². The van der Waals surface area contributed by atoms with E-state index in [1.54, 1.807) is 0 Å². The number of carboxylic acids is 1. The molecule has 0 spiro atoms. The molecule has 0 unspecified atom stereocenters. The molecule has 11 heavy (non-hydrogen) atoms. The summed E-state index contributed by atoms with van der Waals surface area (Å²) in [6.07, 6.45) is 1.35. The van der Waals surface area contributed by atoms with Crippen molar-refractivity contribution >= 4 is 11.8 Å². The zero-order valence-corrected chi connectivity index (χ0v) is 6.54. The lowest BCUT2D eigenvalue weighted by Gasteiger charge is -2.03. The van der Waals surface area contributed by atoms with Crippen LogP contribution in [0.1, 0.15) is 26.2 Å². The van der Waals surface area contributed by atoms with Gasteiger partial charge in [-0.25, -0.2) is 0 Å². The second kappa shape index (κ2) is 4.85. The van der Waals surface area contributed by atoms with E-state index in [2.05, 4.69) is 0 Å². The van der Waals surface area contributed by atoms with Gasteiger partial charge in [-0.3, -0.25) is 4.79 Å². The molecule has 0 fully saturated rings. The summed E-state index contributed by atoms with van der Waals surface area (Å²) < 4.78 is 0. The van der Waals surface area contributed by atoms with Gasteiger partial charge in [0, 0.05) is 6.42 Å². The highest BCUT2D eigenvalue weighted by atomic mass is 16.4. The second-order valence-electron chi connectivity index (χ2n) is 2.54. The van der Waals surface area contributed by atoms with E-state index in [0.29, 0.717) is 19.3 Å². The molecule has 4 nitrogen and oxygen atoms in total. The number of rotatable bonds is 5. The average Bonchev–Trinajstić information content (AvgIpc) is 1.86. The molecular formula is C7H13NO3. The van der Waals surface area contributed by atoms with Gasteiger partial charge in [-0.2, -0.15) is 0 Å². The molecule has 0 aromatic carbocycles. The van der Waals surface area contributed by atoms with E-state index in [1.807, 2.05) is 0 Å². The molecule has 0 aliphatic carbocycles. The van der Waals surface area contributed by atoms with E-state index in [4.69, 9.17) is 10.8 Å². The molecule has 3 N–H and O–H groups in total. The highest BCUT2D eigenvalue weighted by molar-refractivity contribution is 5.76. The predicted molar refractivity (Wildman–Crippen MR) is 40.1 cm³/mol. The van der Waals surface area contributed by atoms with Crippen molar-refractivity contribution in [3.05, 3.63) is 0 Å². The Kier molecular flexibility index (Phi) is 4.45. The van der Waals surface area contributed by atoms with Gasteiger partial charge in [0.05, 0.1) is 0 Å². The highest BCUT2D eigenvalue weighted by Gasteiger charge is 2.10. The molecule has 4 heteroatoms. The van der Waals surface area contributed by atoms with E-state index in [0.717, 1.165) is 0 Å². The molecule has 0 rings (SSSR count). The molecule has 0 radical (unpaired) electrons. The van der Waals surface area contributed by atoms with Crippen molar-refractivity contribution in [2.45, 2.75) is 32.2 Å². The Morgan fingerprint density at radius 2 is 2.09 bits per heavy atom. The number of aliphatic carboxylic acids is 1. The summed E-state index contributed by atoms with van der Waals surface area (Å²) in [5, 5.41) is 8.34. The lowest BCUT2D eigenvalue weighted by atomic mass is 10.1. The van der Waals surface area contributed by atoms with Crippen LogP contribution in [-0.4, -0.2) is 22.9 Å². The number of hydrogen-bond acceptors (Lipinski definition) is 3. The van der Waals surface area contributed by atoms with Gasteiger partial charge >= 0.3 is 5.97 Å². The Labute approximate surface area is 65.4 Å².